The molecule has 0 amide bonds. The lowest BCUT2D eigenvalue weighted by Gasteiger charge is -2.26. The minimum atomic E-state index is -3.92. The van der Waals surface area contributed by atoms with Gasteiger partial charge in [-0.3, -0.25) is 10.1 Å². The molecular formula is C21H24N2O6S. The van der Waals surface area contributed by atoms with Crippen LogP contribution in [0.4, 0.5) is 5.69 Å². The Morgan fingerprint density at radius 1 is 1.07 bits per heavy atom. The third kappa shape index (κ3) is 3.63. The highest BCUT2D eigenvalue weighted by atomic mass is 32.2. The topological polar surface area (TPSA) is 99.0 Å². The highest BCUT2D eigenvalue weighted by Gasteiger charge is 2.38. The zero-order chi connectivity index (χ0) is 21.5. The number of sulfonamides is 1. The summed E-state index contributed by atoms with van der Waals surface area (Å²) in [6.45, 7) is 4.87. The maximum absolute atomic E-state index is 13.6. The minimum Gasteiger partial charge on any atom is -0.490 e. The summed E-state index contributed by atoms with van der Waals surface area (Å²) in [6, 6.07) is 7.76. The van der Waals surface area contributed by atoms with E-state index in [-0.39, 0.29) is 16.6 Å². The van der Waals surface area contributed by atoms with E-state index in [1.807, 2.05) is 18.2 Å². The highest BCUT2D eigenvalue weighted by molar-refractivity contribution is 7.89. The first-order chi connectivity index (χ1) is 14.3. The predicted octanol–water partition coefficient (Wildman–Crippen LogP) is 3.90. The molecule has 2 aromatic rings. The highest BCUT2D eigenvalue weighted by Crippen LogP contribution is 2.41. The molecule has 0 bridgehead atoms. The smallest absolute Gasteiger partial charge is 0.271 e. The van der Waals surface area contributed by atoms with E-state index >= 15 is 0 Å². The second-order valence-corrected chi connectivity index (χ2v) is 9.53. The van der Waals surface area contributed by atoms with Crippen molar-refractivity contribution in [2.24, 2.45) is 0 Å². The summed E-state index contributed by atoms with van der Waals surface area (Å²) in [4.78, 5) is 10.7. The molecular weight excluding hydrogens is 408 g/mol. The number of fused-ring (bicyclic) bond motifs is 1. The molecule has 0 N–H and O–H groups in total. The number of ether oxygens (including phenoxy) is 2. The molecule has 0 saturated carbocycles. The SMILES string of the molecule is Cc1cc([N+](=O)[O-])cc(S(=O)(=O)N2CCC[C@@H]2c2ccc3c(c2)OCCCO3)c1C. The first kappa shape index (κ1) is 20.6. The second-order valence-electron chi connectivity index (χ2n) is 7.67. The van der Waals surface area contributed by atoms with E-state index < -0.39 is 14.9 Å². The molecule has 2 heterocycles. The summed E-state index contributed by atoms with van der Waals surface area (Å²) in [6.07, 6.45) is 2.18. The van der Waals surface area contributed by atoms with Gasteiger partial charge in [0.15, 0.2) is 11.5 Å². The van der Waals surface area contributed by atoms with E-state index in [4.69, 9.17) is 9.47 Å². The molecule has 2 aliphatic heterocycles. The first-order valence-corrected chi connectivity index (χ1v) is 11.4. The maximum atomic E-state index is 13.6. The van der Waals surface area contributed by atoms with Gasteiger partial charge in [0.1, 0.15) is 0 Å². The van der Waals surface area contributed by atoms with Gasteiger partial charge >= 0.3 is 0 Å². The fourth-order valence-corrected chi connectivity index (χ4v) is 6.06. The van der Waals surface area contributed by atoms with Crippen LogP contribution in [0.1, 0.15) is 42.0 Å². The van der Waals surface area contributed by atoms with Crippen LogP contribution in [0.2, 0.25) is 0 Å². The average molecular weight is 432 g/mol. The Morgan fingerprint density at radius 2 is 1.80 bits per heavy atom. The van der Waals surface area contributed by atoms with Gasteiger partial charge in [-0.1, -0.05) is 6.07 Å². The molecule has 30 heavy (non-hydrogen) atoms. The van der Waals surface area contributed by atoms with Crippen molar-refractivity contribution in [3.63, 3.8) is 0 Å². The lowest BCUT2D eigenvalue weighted by Crippen LogP contribution is -2.31. The largest absolute Gasteiger partial charge is 0.490 e. The molecule has 2 aromatic carbocycles. The molecule has 9 heteroatoms. The lowest BCUT2D eigenvalue weighted by atomic mass is 10.0. The van der Waals surface area contributed by atoms with Gasteiger partial charge in [-0.25, -0.2) is 8.42 Å². The summed E-state index contributed by atoms with van der Waals surface area (Å²) in [5.41, 5.74) is 1.72. The first-order valence-electron chi connectivity index (χ1n) is 9.96. The summed E-state index contributed by atoms with van der Waals surface area (Å²) in [5, 5.41) is 11.3. The number of non-ortho nitro benzene ring substituents is 1. The zero-order valence-corrected chi connectivity index (χ0v) is 17.8. The third-order valence-electron chi connectivity index (χ3n) is 5.76. The van der Waals surface area contributed by atoms with Gasteiger partial charge in [-0.2, -0.15) is 4.31 Å². The number of hydrogen-bond donors (Lipinski definition) is 0. The number of hydrogen-bond acceptors (Lipinski definition) is 6. The van der Waals surface area contributed by atoms with Gasteiger partial charge in [-0.05, 0) is 55.5 Å². The van der Waals surface area contributed by atoms with Crippen LogP contribution in [0.5, 0.6) is 11.5 Å². The molecule has 0 aromatic heterocycles. The van der Waals surface area contributed by atoms with E-state index in [1.165, 1.54) is 16.4 Å². The van der Waals surface area contributed by atoms with Crippen LogP contribution in [0, 0.1) is 24.0 Å². The van der Waals surface area contributed by atoms with Crippen LogP contribution in [0.25, 0.3) is 0 Å². The van der Waals surface area contributed by atoms with E-state index in [0.29, 0.717) is 55.2 Å². The summed E-state index contributed by atoms with van der Waals surface area (Å²) in [7, 11) is -3.92. The van der Waals surface area contributed by atoms with Crippen LogP contribution < -0.4 is 9.47 Å². The van der Waals surface area contributed by atoms with E-state index in [0.717, 1.165) is 12.0 Å². The van der Waals surface area contributed by atoms with Crippen molar-refractivity contribution in [3.8, 4) is 11.5 Å². The van der Waals surface area contributed by atoms with Gasteiger partial charge in [-0.15, -0.1) is 0 Å². The van der Waals surface area contributed by atoms with E-state index in [9.17, 15) is 18.5 Å². The number of nitro groups is 1. The average Bonchev–Trinajstić information content (AvgIpc) is 3.09. The molecule has 1 atom stereocenters. The Hall–Kier alpha value is -2.65. The Labute approximate surface area is 175 Å². The number of rotatable bonds is 4. The van der Waals surface area contributed by atoms with Gasteiger partial charge in [0.25, 0.3) is 5.69 Å². The lowest BCUT2D eigenvalue weighted by molar-refractivity contribution is -0.385. The zero-order valence-electron chi connectivity index (χ0n) is 17.0. The van der Waals surface area contributed by atoms with E-state index in [1.54, 1.807) is 13.8 Å². The number of benzene rings is 2. The Morgan fingerprint density at radius 3 is 2.53 bits per heavy atom. The molecule has 0 radical (unpaired) electrons. The van der Waals surface area contributed by atoms with Crippen molar-refractivity contribution < 1.29 is 22.8 Å². The molecule has 8 nitrogen and oxygen atoms in total. The second kappa shape index (κ2) is 7.88. The third-order valence-corrected chi connectivity index (χ3v) is 7.80. The van der Waals surface area contributed by atoms with Crippen molar-refractivity contribution >= 4 is 15.7 Å². The summed E-state index contributed by atoms with van der Waals surface area (Å²) < 4.78 is 40.0. The van der Waals surface area contributed by atoms with Crippen molar-refractivity contribution in [2.45, 2.75) is 44.0 Å². The van der Waals surface area contributed by atoms with Crippen molar-refractivity contribution in [2.75, 3.05) is 19.8 Å². The molecule has 0 unspecified atom stereocenters. The molecule has 2 aliphatic rings. The van der Waals surface area contributed by atoms with Gasteiger partial charge in [0.2, 0.25) is 10.0 Å². The van der Waals surface area contributed by atoms with Crippen molar-refractivity contribution in [1.29, 1.82) is 0 Å². The normalized spacial score (nSPS) is 19.5. The van der Waals surface area contributed by atoms with Crippen molar-refractivity contribution in [3.05, 3.63) is 57.1 Å². The van der Waals surface area contributed by atoms with Gasteiger partial charge < -0.3 is 9.47 Å². The van der Waals surface area contributed by atoms with E-state index in [2.05, 4.69) is 0 Å². The number of nitrogens with zero attached hydrogens (tertiary/aromatic N) is 2. The van der Waals surface area contributed by atoms with Crippen LogP contribution in [-0.2, 0) is 10.0 Å². The molecule has 0 aliphatic carbocycles. The molecule has 1 saturated heterocycles. The Bertz CT molecular complexity index is 1100. The Kier molecular flexibility index (Phi) is 5.42. The maximum Gasteiger partial charge on any atom is 0.271 e. The van der Waals surface area contributed by atoms with Crippen LogP contribution in [0.3, 0.4) is 0 Å². The number of nitro benzene ring substituents is 1. The van der Waals surface area contributed by atoms with Gasteiger partial charge in [0, 0.05) is 25.1 Å². The summed E-state index contributed by atoms with van der Waals surface area (Å²) >= 11 is 0. The van der Waals surface area contributed by atoms with Crippen LogP contribution in [-0.4, -0.2) is 37.4 Å². The van der Waals surface area contributed by atoms with Crippen LogP contribution >= 0.6 is 0 Å². The standard InChI is InChI=1S/C21H24N2O6S/c1-14-11-17(23(24)25)13-21(15(14)2)30(26,27)22-8-3-5-18(22)16-6-7-19-20(12-16)29-10-4-9-28-19/h6-7,11-13,18H,3-5,8-10H2,1-2H3/t18-/m1/s1. The van der Waals surface area contributed by atoms with Crippen molar-refractivity contribution in [1.82, 2.24) is 4.31 Å². The molecule has 0 spiro atoms. The quantitative estimate of drug-likeness (QED) is 0.537. The monoisotopic (exact) mass is 432 g/mol. The fourth-order valence-electron chi connectivity index (χ4n) is 4.06. The molecule has 4 rings (SSSR count). The number of aryl methyl sites for hydroxylation is 1. The van der Waals surface area contributed by atoms with Gasteiger partial charge in [0.05, 0.1) is 29.1 Å². The minimum absolute atomic E-state index is 0.00422. The molecule has 1 fully saturated rings. The predicted molar refractivity (Wildman–Crippen MR) is 110 cm³/mol. The molecule has 160 valence electrons. The van der Waals surface area contributed by atoms with Crippen LogP contribution in [0.15, 0.2) is 35.2 Å². The Balaban J connectivity index is 1.73. The summed E-state index contributed by atoms with van der Waals surface area (Å²) in [5.74, 6) is 1.28. The fraction of sp³-hybridized carbons (Fsp3) is 0.429.